The van der Waals surface area contributed by atoms with Crippen molar-refractivity contribution in [2.45, 2.75) is 30.8 Å². The Balaban J connectivity index is 1.35. The van der Waals surface area contributed by atoms with E-state index in [2.05, 4.69) is 30.2 Å². The van der Waals surface area contributed by atoms with E-state index in [0.717, 1.165) is 17.0 Å². The third-order valence-corrected chi connectivity index (χ3v) is 7.52. The molecule has 0 radical (unpaired) electrons. The van der Waals surface area contributed by atoms with Crippen molar-refractivity contribution in [1.29, 1.82) is 0 Å². The average Bonchev–Trinajstić information content (AvgIpc) is 3.18. The first-order valence-electron chi connectivity index (χ1n) is 10.9. The number of nitrogens with one attached hydrogen (secondary N) is 2. The molecule has 0 fully saturated rings. The Morgan fingerprint density at radius 2 is 1.67 bits per heavy atom. The third kappa shape index (κ3) is 6.07. The first-order valence-corrected chi connectivity index (χ1v) is 13.4. The van der Waals surface area contributed by atoms with Crippen LogP contribution in [-0.2, 0) is 21.9 Å². The second-order valence-corrected chi connectivity index (χ2v) is 10.8. The van der Waals surface area contributed by atoms with Crippen molar-refractivity contribution in [3.63, 3.8) is 0 Å². The van der Waals surface area contributed by atoms with Crippen molar-refractivity contribution in [3.8, 4) is 11.4 Å². The monoisotopic (exact) mass is 523 g/mol. The Morgan fingerprint density at radius 3 is 2.33 bits per heavy atom. The number of benzene rings is 2. The van der Waals surface area contributed by atoms with Gasteiger partial charge in [0.25, 0.3) is 10.0 Å². The van der Waals surface area contributed by atoms with Crippen molar-refractivity contribution in [2.75, 3.05) is 15.8 Å². The zero-order chi connectivity index (χ0) is 25.9. The zero-order valence-corrected chi connectivity index (χ0v) is 21.8. The molecule has 4 aromatic rings. The third-order valence-electron chi connectivity index (χ3n) is 5.13. The number of aromatic nitrogens is 5. The van der Waals surface area contributed by atoms with E-state index in [1.165, 1.54) is 36.0 Å². The van der Waals surface area contributed by atoms with E-state index in [9.17, 15) is 13.2 Å². The molecule has 0 spiro atoms. The van der Waals surface area contributed by atoms with Gasteiger partial charge in [-0.25, -0.2) is 18.4 Å². The molecule has 0 aliphatic heterocycles. The number of carbonyl (C=O) groups is 1. The molecule has 0 aliphatic carbocycles. The van der Waals surface area contributed by atoms with Crippen LogP contribution in [0.1, 0.15) is 17.1 Å². The molecule has 0 unspecified atom stereocenters. The summed E-state index contributed by atoms with van der Waals surface area (Å²) < 4.78 is 29.7. The van der Waals surface area contributed by atoms with Crippen molar-refractivity contribution in [3.05, 3.63) is 71.7 Å². The summed E-state index contributed by atoms with van der Waals surface area (Å²) >= 11 is 1.26. The van der Waals surface area contributed by atoms with E-state index in [1.807, 2.05) is 42.8 Å². The molecule has 10 nitrogen and oxygen atoms in total. The summed E-state index contributed by atoms with van der Waals surface area (Å²) in [5.41, 5.74) is 3.24. The van der Waals surface area contributed by atoms with Crippen LogP contribution < -0.4 is 10.0 Å². The fraction of sp³-hybridized carbons (Fsp3) is 0.208. The Kier molecular flexibility index (Phi) is 7.36. The SMILES string of the molecule is Cc1ccc(-c2nnc(SCC(=O)Nc3ccc(S(=O)(=O)Nc4cc(C)nc(C)n4)cc3)n2C)cc1. The van der Waals surface area contributed by atoms with Crippen LogP contribution in [0, 0.1) is 20.8 Å². The first-order chi connectivity index (χ1) is 17.1. The highest BCUT2D eigenvalue weighted by Gasteiger charge is 2.17. The minimum absolute atomic E-state index is 0.0477. The number of amides is 1. The maximum absolute atomic E-state index is 12.7. The van der Waals surface area contributed by atoms with Gasteiger partial charge < -0.3 is 9.88 Å². The quantitative estimate of drug-likeness (QED) is 0.334. The number of rotatable bonds is 8. The lowest BCUT2D eigenvalue weighted by molar-refractivity contribution is -0.113. The minimum atomic E-state index is -3.84. The largest absolute Gasteiger partial charge is 0.325 e. The van der Waals surface area contributed by atoms with Gasteiger partial charge in [-0.3, -0.25) is 9.52 Å². The zero-order valence-electron chi connectivity index (χ0n) is 20.2. The van der Waals surface area contributed by atoms with Gasteiger partial charge in [0.2, 0.25) is 5.91 Å². The molecule has 4 rings (SSSR count). The molecule has 12 heteroatoms. The fourth-order valence-electron chi connectivity index (χ4n) is 3.41. The van der Waals surface area contributed by atoms with Crippen LogP contribution in [0.2, 0.25) is 0 Å². The number of aryl methyl sites for hydroxylation is 3. The normalized spacial score (nSPS) is 11.3. The Hall–Kier alpha value is -3.77. The van der Waals surface area contributed by atoms with E-state index >= 15 is 0 Å². The Bertz CT molecular complexity index is 1480. The minimum Gasteiger partial charge on any atom is -0.325 e. The summed E-state index contributed by atoms with van der Waals surface area (Å²) in [7, 11) is -1.99. The van der Waals surface area contributed by atoms with Gasteiger partial charge in [0, 0.05) is 30.1 Å². The van der Waals surface area contributed by atoms with Gasteiger partial charge in [-0.1, -0.05) is 41.6 Å². The average molecular weight is 524 g/mol. The summed E-state index contributed by atoms with van der Waals surface area (Å²) in [5, 5.41) is 11.8. The topological polar surface area (TPSA) is 132 Å². The number of anilines is 2. The molecule has 0 atom stereocenters. The van der Waals surface area contributed by atoms with Crippen molar-refractivity contribution in [2.24, 2.45) is 7.05 Å². The number of nitrogens with zero attached hydrogens (tertiary/aromatic N) is 5. The van der Waals surface area contributed by atoms with Crippen molar-refractivity contribution in [1.82, 2.24) is 24.7 Å². The van der Waals surface area contributed by atoms with Crippen LogP contribution in [0.3, 0.4) is 0 Å². The highest BCUT2D eigenvalue weighted by Crippen LogP contribution is 2.23. The van der Waals surface area contributed by atoms with Gasteiger partial charge in [0.05, 0.1) is 10.6 Å². The number of thioether (sulfide) groups is 1. The molecule has 2 aromatic carbocycles. The summed E-state index contributed by atoms with van der Waals surface area (Å²) in [6.07, 6.45) is 0. The second kappa shape index (κ2) is 10.5. The lowest BCUT2D eigenvalue weighted by Crippen LogP contribution is -2.16. The van der Waals surface area contributed by atoms with Gasteiger partial charge >= 0.3 is 0 Å². The molecule has 2 N–H and O–H groups in total. The summed E-state index contributed by atoms with van der Waals surface area (Å²) in [5.74, 6) is 1.25. The maximum atomic E-state index is 12.7. The molecule has 0 aliphatic rings. The number of carbonyl (C=O) groups excluding carboxylic acids is 1. The van der Waals surface area contributed by atoms with Gasteiger partial charge in [-0.2, -0.15) is 0 Å². The highest BCUT2D eigenvalue weighted by molar-refractivity contribution is 7.99. The van der Waals surface area contributed by atoms with Crippen molar-refractivity contribution < 1.29 is 13.2 Å². The molecular formula is C24H25N7O3S2. The molecule has 0 saturated heterocycles. The number of hydrogen-bond acceptors (Lipinski definition) is 8. The smallest absolute Gasteiger partial charge is 0.263 e. The van der Waals surface area contributed by atoms with Crippen molar-refractivity contribution >= 4 is 39.2 Å². The van der Waals surface area contributed by atoms with E-state index in [4.69, 9.17) is 0 Å². The van der Waals surface area contributed by atoms with Crippen LogP contribution in [-0.4, -0.2) is 44.8 Å². The molecule has 1 amide bonds. The lowest BCUT2D eigenvalue weighted by Gasteiger charge is -2.10. The van der Waals surface area contributed by atoms with E-state index in [0.29, 0.717) is 22.4 Å². The molecule has 2 heterocycles. The predicted octanol–water partition coefficient (Wildman–Crippen LogP) is 3.73. The second-order valence-electron chi connectivity index (χ2n) is 8.14. The van der Waals surface area contributed by atoms with Crippen LogP contribution in [0.15, 0.2) is 64.6 Å². The number of hydrogen-bond donors (Lipinski definition) is 2. The van der Waals surface area contributed by atoms with Gasteiger partial charge in [-0.05, 0) is 45.0 Å². The molecule has 36 heavy (non-hydrogen) atoms. The fourth-order valence-corrected chi connectivity index (χ4v) is 5.11. The first kappa shape index (κ1) is 25.3. The molecular weight excluding hydrogens is 498 g/mol. The van der Waals surface area contributed by atoms with Gasteiger partial charge in [0.1, 0.15) is 11.6 Å². The molecule has 0 saturated carbocycles. The highest BCUT2D eigenvalue weighted by atomic mass is 32.2. The van der Waals surface area contributed by atoms with Gasteiger partial charge in [-0.15, -0.1) is 10.2 Å². The van der Waals surface area contributed by atoms with E-state index < -0.39 is 10.0 Å². The molecule has 186 valence electrons. The molecule has 0 bridgehead atoms. The summed E-state index contributed by atoms with van der Waals surface area (Å²) in [6, 6.07) is 15.4. The van der Waals surface area contributed by atoms with E-state index in [1.54, 1.807) is 19.9 Å². The number of sulfonamides is 1. The molecule has 2 aromatic heterocycles. The van der Waals surface area contributed by atoms with Crippen LogP contribution in [0.25, 0.3) is 11.4 Å². The van der Waals surface area contributed by atoms with Gasteiger partial charge in [0.15, 0.2) is 11.0 Å². The predicted molar refractivity (Wildman–Crippen MR) is 139 cm³/mol. The lowest BCUT2D eigenvalue weighted by atomic mass is 10.1. The van der Waals surface area contributed by atoms with E-state index in [-0.39, 0.29) is 22.4 Å². The van der Waals surface area contributed by atoms with Crippen LogP contribution >= 0.6 is 11.8 Å². The maximum Gasteiger partial charge on any atom is 0.263 e. The van der Waals surface area contributed by atoms with Crippen LogP contribution in [0.5, 0.6) is 0 Å². The summed E-state index contributed by atoms with van der Waals surface area (Å²) in [6.45, 7) is 5.47. The summed E-state index contributed by atoms with van der Waals surface area (Å²) in [4.78, 5) is 20.8. The standard InChI is InChI=1S/C24H25N7O3S2/c1-15-5-7-18(8-6-15)23-28-29-24(31(23)4)35-14-22(32)27-19-9-11-20(12-10-19)36(33,34)30-21-13-16(2)25-17(3)26-21/h5-13H,14H2,1-4H3,(H,27,32)(H,25,26,30). The Morgan fingerprint density at radius 1 is 0.972 bits per heavy atom. The Labute approximate surface area is 213 Å². The van der Waals surface area contributed by atoms with Crippen LogP contribution in [0.4, 0.5) is 11.5 Å².